The third-order valence-corrected chi connectivity index (χ3v) is 4.40. The molecule has 0 fully saturated rings. The molecule has 10 heteroatoms. The van der Waals surface area contributed by atoms with Gasteiger partial charge in [-0.05, 0) is 17.1 Å². The Morgan fingerprint density at radius 2 is 2.00 bits per heavy atom. The van der Waals surface area contributed by atoms with Gasteiger partial charge in [-0.2, -0.15) is 9.38 Å². The molecule has 0 spiro atoms. The van der Waals surface area contributed by atoms with Gasteiger partial charge in [0, 0.05) is 17.5 Å². The number of ether oxygens (including phenoxy) is 3. The van der Waals surface area contributed by atoms with Crippen LogP contribution < -0.4 is 19.5 Å². The average molecular weight is 364 g/mol. The van der Waals surface area contributed by atoms with Crippen LogP contribution in [-0.2, 0) is 6.54 Å². The Labute approximate surface area is 146 Å². The van der Waals surface area contributed by atoms with E-state index in [2.05, 4.69) is 10.3 Å². The molecule has 0 saturated heterocycles. The lowest BCUT2D eigenvalue weighted by atomic mass is 10.1. The van der Waals surface area contributed by atoms with Crippen molar-refractivity contribution in [2.75, 3.05) is 26.6 Å². The maximum Gasteiger partial charge on any atom is 0.372 e. The first-order chi connectivity index (χ1) is 12.1. The second kappa shape index (κ2) is 6.85. The predicted molar refractivity (Wildman–Crippen MR) is 93.1 cm³/mol. The molecule has 0 radical (unpaired) electrons. The number of anilines is 1. The third-order valence-electron chi connectivity index (χ3n) is 3.64. The van der Waals surface area contributed by atoms with Crippen LogP contribution >= 0.6 is 11.3 Å². The van der Waals surface area contributed by atoms with Gasteiger partial charge in [-0.1, -0.05) is 11.3 Å². The number of methoxy groups -OCH3 is 3. The van der Waals surface area contributed by atoms with E-state index in [0.717, 1.165) is 5.56 Å². The number of benzene rings is 1. The lowest BCUT2D eigenvalue weighted by molar-refractivity contribution is -0.389. The molecule has 0 unspecified atom stereocenters. The number of thiazole rings is 1. The molecule has 132 valence electrons. The van der Waals surface area contributed by atoms with Gasteiger partial charge >= 0.3 is 5.82 Å². The zero-order chi connectivity index (χ0) is 18.0. The van der Waals surface area contributed by atoms with Gasteiger partial charge in [-0.15, -0.1) is 0 Å². The SMILES string of the molecule is COc1ccc(CNc2nc3sccn3c2[N+](=O)[O-])c(OC)c1OC. The van der Waals surface area contributed by atoms with Gasteiger partial charge in [0.2, 0.25) is 11.6 Å². The number of imidazole rings is 1. The van der Waals surface area contributed by atoms with E-state index < -0.39 is 4.92 Å². The van der Waals surface area contributed by atoms with Crippen molar-refractivity contribution in [3.63, 3.8) is 0 Å². The predicted octanol–water partition coefficient (Wildman–Crippen LogP) is 2.94. The fraction of sp³-hybridized carbons (Fsp3) is 0.267. The molecule has 0 aliphatic rings. The summed E-state index contributed by atoms with van der Waals surface area (Å²) in [6.07, 6.45) is 1.62. The van der Waals surface area contributed by atoms with Crippen LogP contribution in [0.25, 0.3) is 4.96 Å². The second-order valence-corrected chi connectivity index (χ2v) is 5.82. The second-order valence-electron chi connectivity index (χ2n) is 4.94. The fourth-order valence-corrected chi connectivity index (χ4v) is 3.26. The van der Waals surface area contributed by atoms with E-state index in [9.17, 15) is 10.1 Å². The topological polar surface area (TPSA) is 100 Å². The summed E-state index contributed by atoms with van der Waals surface area (Å²) in [7, 11) is 4.58. The molecule has 0 bridgehead atoms. The summed E-state index contributed by atoms with van der Waals surface area (Å²) in [4.78, 5) is 15.7. The zero-order valence-electron chi connectivity index (χ0n) is 13.8. The minimum absolute atomic E-state index is 0.101. The van der Waals surface area contributed by atoms with E-state index in [1.807, 2.05) is 0 Å². The van der Waals surface area contributed by atoms with E-state index in [1.54, 1.807) is 23.7 Å². The first-order valence-corrected chi connectivity index (χ1v) is 8.10. The highest BCUT2D eigenvalue weighted by Gasteiger charge is 2.24. The van der Waals surface area contributed by atoms with Crippen LogP contribution in [0.4, 0.5) is 11.6 Å². The highest BCUT2D eigenvalue weighted by Crippen LogP contribution is 2.40. The average Bonchev–Trinajstić information content (AvgIpc) is 3.18. The maximum atomic E-state index is 11.4. The van der Waals surface area contributed by atoms with Crippen molar-refractivity contribution >= 4 is 27.9 Å². The van der Waals surface area contributed by atoms with Gasteiger partial charge in [-0.25, -0.2) is 0 Å². The minimum atomic E-state index is -0.457. The van der Waals surface area contributed by atoms with Crippen LogP contribution in [0.15, 0.2) is 23.7 Å². The van der Waals surface area contributed by atoms with Crippen LogP contribution in [0.1, 0.15) is 5.56 Å². The summed E-state index contributed by atoms with van der Waals surface area (Å²) in [6.45, 7) is 0.273. The monoisotopic (exact) mass is 364 g/mol. The molecule has 25 heavy (non-hydrogen) atoms. The highest BCUT2D eigenvalue weighted by atomic mass is 32.1. The Morgan fingerprint density at radius 1 is 1.24 bits per heavy atom. The summed E-state index contributed by atoms with van der Waals surface area (Å²) < 4.78 is 17.5. The Bertz CT molecular complexity index is 920. The van der Waals surface area contributed by atoms with Gasteiger partial charge in [0.05, 0.1) is 21.3 Å². The molecule has 2 aromatic heterocycles. The van der Waals surface area contributed by atoms with Crippen molar-refractivity contribution in [2.45, 2.75) is 6.54 Å². The van der Waals surface area contributed by atoms with Crippen molar-refractivity contribution in [3.8, 4) is 17.2 Å². The van der Waals surface area contributed by atoms with Gasteiger partial charge in [-0.3, -0.25) is 0 Å². The van der Waals surface area contributed by atoms with Crippen LogP contribution in [0.3, 0.4) is 0 Å². The van der Waals surface area contributed by atoms with E-state index in [4.69, 9.17) is 14.2 Å². The van der Waals surface area contributed by atoms with Crippen LogP contribution in [0.5, 0.6) is 17.2 Å². The molecule has 1 aromatic carbocycles. The van der Waals surface area contributed by atoms with Gasteiger partial charge in [0.1, 0.15) is 6.20 Å². The lowest BCUT2D eigenvalue weighted by Crippen LogP contribution is -2.06. The number of fused-ring (bicyclic) bond motifs is 1. The Balaban J connectivity index is 1.93. The number of nitro groups is 1. The van der Waals surface area contributed by atoms with E-state index >= 15 is 0 Å². The van der Waals surface area contributed by atoms with Crippen LogP contribution in [0, 0.1) is 10.1 Å². The van der Waals surface area contributed by atoms with Crippen molar-refractivity contribution in [2.24, 2.45) is 0 Å². The summed E-state index contributed by atoms with van der Waals surface area (Å²) in [5.74, 6) is 1.60. The number of aromatic nitrogens is 2. The summed E-state index contributed by atoms with van der Waals surface area (Å²) in [6, 6.07) is 3.55. The lowest BCUT2D eigenvalue weighted by Gasteiger charge is -2.15. The zero-order valence-corrected chi connectivity index (χ0v) is 14.6. The van der Waals surface area contributed by atoms with Crippen molar-refractivity contribution < 1.29 is 19.1 Å². The quantitative estimate of drug-likeness (QED) is 0.508. The maximum absolute atomic E-state index is 11.4. The first-order valence-electron chi connectivity index (χ1n) is 7.22. The smallest absolute Gasteiger partial charge is 0.372 e. The summed E-state index contributed by atoms with van der Waals surface area (Å²) in [5, 5.41) is 16.1. The minimum Gasteiger partial charge on any atom is -0.493 e. The molecular weight excluding hydrogens is 348 g/mol. The van der Waals surface area contributed by atoms with Crippen molar-refractivity contribution in [1.29, 1.82) is 0 Å². The number of hydrogen-bond donors (Lipinski definition) is 1. The molecule has 0 aliphatic heterocycles. The molecule has 0 amide bonds. The molecule has 1 N–H and O–H groups in total. The highest BCUT2D eigenvalue weighted by molar-refractivity contribution is 7.15. The number of nitrogens with one attached hydrogen (secondary N) is 1. The fourth-order valence-electron chi connectivity index (χ4n) is 2.55. The van der Waals surface area contributed by atoms with Crippen LogP contribution in [-0.4, -0.2) is 35.6 Å². The molecule has 2 heterocycles. The van der Waals surface area contributed by atoms with E-state index in [1.165, 1.54) is 37.1 Å². The normalized spacial score (nSPS) is 10.7. The van der Waals surface area contributed by atoms with E-state index in [0.29, 0.717) is 22.2 Å². The number of hydrogen-bond acceptors (Lipinski definition) is 8. The molecule has 3 aromatic rings. The van der Waals surface area contributed by atoms with Crippen molar-refractivity contribution in [1.82, 2.24) is 9.38 Å². The number of rotatable bonds is 7. The molecule has 0 aliphatic carbocycles. The van der Waals surface area contributed by atoms with Crippen molar-refractivity contribution in [3.05, 3.63) is 39.4 Å². The standard InChI is InChI=1S/C15H16N4O5S/c1-22-10-5-4-9(11(23-2)12(10)24-3)8-16-13-14(19(20)21)18-6-7-25-15(18)17-13/h4-7,16H,8H2,1-3H3. The third kappa shape index (κ3) is 2.91. The van der Waals surface area contributed by atoms with Crippen LogP contribution in [0.2, 0.25) is 0 Å². The summed E-state index contributed by atoms with van der Waals surface area (Å²) in [5.41, 5.74) is 0.755. The molecule has 3 rings (SSSR count). The molecule has 0 saturated carbocycles. The van der Waals surface area contributed by atoms with Gasteiger partial charge in [0.25, 0.3) is 4.96 Å². The van der Waals surface area contributed by atoms with Gasteiger partial charge in [0.15, 0.2) is 11.5 Å². The van der Waals surface area contributed by atoms with E-state index in [-0.39, 0.29) is 18.2 Å². The number of nitrogens with zero attached hydrogens (tertiary/aromatic N) is 3. The first kappa shape index (κ1) is 16.8. The Hall–Kier alpha value is -3.01. The molecule has 0 atom stereocenters. The Kier molecular flexibility index (Phi) is 4.61. The summed E-state index contributed by atoms with van der Waals surface area (Å²) >= 11 is 1.33. The van der Waals surface area contributed by atoms with Gasteiger partial charge < -0.3 is 29.6 Å². The molecular formula is C15H16N4O5S. The Morgan fingerprint density at radius 3 is 2.64 bits per heavy atom. The largest absolute Gasteiger partial charge is 0.493 e. The molecule has 9 nitrogen and oxygen atoms in total.